The Labute approximate surface area is 145 Å². The Hall–Kier alpha value is -2.21. The summed E-state index contributed by atoms with van der Waals surface area (Å²) in [5.74, 6) is -1.67. The third-order valence-electron chi connectivity index (χ3n) is 4.80. The molecule has 3 unspecified atom stereocenters. The molecule has 0 radical (unpaired) electrons. The number of benzene rings is 1. The van der Waals surface area contributed by atoms with Crippen molar-refractivity contribution >= 4 is 23.2 Å². The van der Waals surface area contributed by atoms with Gasteiger partial charge in [0.15, 0.2) is 0 Å². The van der Waals surface area contributed by atoms with E-state index in [2.05, 4.69) is 4.98 Å². The lowest BCUT2D eigenvalue weighted by molar-refractivity contribution is -0.141. The van der Waals surface area contributed by atoms with Crippen LogP contribution in [0.1, 0.15) is 54.3 Å². The van der Waals surface area contributed by atoms with Crippen molar-refractivity contribution in [3.05, 3.63) is 52.0 Å². The number of hydrogen-bond acceptors (Lipinski definition) is 4. The number of carbonyl (C=O) groups is 2. The van der Waals surface area contributed by atoms with Crippen molar-refractivity contribution in [2.24, 2.45) is 5.92 Å². The third-order valence-corrected chi connectivity index (χ3v) is 5.40. The first kappa shape index (κ1) is 16.6. The van der Waals surface area contributed by atoms with E-state index in [0.717, 1.165) is 0 Å². The summed E-state index contributed by atoms with van der Waals surface area (Å²) >= 11 is 1.41. The van der Waals surface area contributed by atoms with Gasteiger partial charge in [0.05, 0.1) is 17.2 Å². The first-order chi connectivity index (χ1) is 11.4. The van der Waals surface area contributed by atoms with Gasteiger partial charge in [-0.05, 0) is 24.5 Å². The maximum atomic E-state index is 13.1. The molecule has 1 N–H and O–H groups in total. The van der Waals surface area contributed by atoms with Crippen LogP contribution in [0.15, 0.2) is 35.2 Å². The SMILES string of the molecule is CC(C)C(C)N1C(=O)c2ccccc2C(C(=O)O)C1c1cscn1. The monoisotopic (exact) mass is 344 g/mol. The number of fused-ring (bicyclic) bond motifs is 1. The van der Waals surface area contributed by atoms with E-state index in [-0.39, 0.29) is 17.9 Å². The third kappa shape index (κ3) is 2.60. The van der Waals surface area contributed by atoms with Gasteiger partial charge in [0.2, 0.25) is 0 Å². The number of carbonyl (C=O) groups excluding carboxylic acids is 1. The standard InChI is InChI=1S/C18H20N2O3S/c1-10(2)11(3)20-16(14-8-24-9-19-14)15(18(22)23)12-6-4-5-7-13(12)17(20)21/h4-11,15-16H,1-3H3,(H,22,23). The molecule has 1 amide bonds. The molecule has 0 spiro atoms. The largest absolute Gasteiger partial charge is 0.481 e. The number of hydrogen-bond donors (Lipinski definition) is 1. The van der Waals surface area contributed by atoms with Gasteiger partial charge in [0.25, 0.3) is 5.91 Å². The Morgan fingerprint density at radius 1 is 1.29 bits per heavy atom. The number of carboxylic acid groups (broad SMARTS) is 1. The molecule has 3 rings (SSSR count). The highest BCUT2D eigenvalue weighted by molar-refractivity contribution is 7.07. The number of rotatable bonds is 4. The zero-order valence-electron chi connectivity index (χ0n) is 13.8. The molecule has 0 saturated heterocycles. The molecule has 126 valence electrons. The molecular weight excluding hydrogens is 324 g/mol. The maximum Gasteiger partial charge on any atom is 0.313 e. The van der Waals surface area contributed by atoms with Crippen molar-refractivity contribution in [1.82, 2.24) is 9.88 Å². The van der Waals surface area contributed by atoms with Crippen molar-refractivity contribution in [2.75, 3.05) is 0 Å². The van der Waals surface area contributed by atoms with Crippen LogP contribution >= 0.6 is 11.3 Å². The second-order valence-electron chi connectivity index (χ2n) is 6.46. The molecule has 24 heavy (non-hydrogen) atoms. The predicted octanol–water partition coefficient (Wildman–Crippen LogP) is 3.55. The number of amides is 1. The minimum Gasteiger partial charge on any atom is -0.481 e. The maximum absolute atomic E-state index is 13.1. The second-order valence-corrected chi connectivity index (χ2v) is 7.18. The van der Waals surface area contributed by atoms with Crippen LogP contribution in [0, 0.1) is 5.92 Å². The summed E-state index contributed by atoms with van der Waals surface area (Å²) in [6, 6.07) is 6.32. The van der Waals surface area contributed by atoms with Crippen LogP contribution < -0.4 is 0 Å². The van der Waals surface area contributed by atoms with Gasteiger partial charge in [-0.25, -0.2) is 4.98 Å². The Bertz CT molecular complexity index is 757. The quantitative estimate of drug-likeness (QED) is 0.921. The van der Waals surface area contributed by atoms with Crippen LogP contribution in [0.25, 0.3) is 0 Å². The molecule has 1 aromatic carbocycles. The average molecular weight is 344 g/mol. The van der Waals surface area contributed by atoms with Gasteiger partial charge in [0, 0.05) is 17.0 Å². The lowest BCUT2D eigenvalue weighted by Crippen LogP contribution is -2.50. The minimum absolute atomic E-state index is 0.0978. The van der Waals surface area contributed by atoms with Crippen LogP contribution in [-0.4, -0.2) is 32.9 Å². The summed E-state index contributed by atoms with van der Waals surface area (Å²) < 4.78 is 0. The molecule has 1 aromatic heterocycles. The van der Waals surface area contributed by atoms with Crippen LogP contribution in [0.5, 0.6) is 0 Å². The lowest BCUT2D eigenvalue weighted by Gasteiger charge is -2.44. The summed E-state index contributed by atoms with van der Waals surface area (Å²) in [5.41, 5.74) is 3.36. The highest BCUT2D eigenvalue weighted by Gasteiger charge is 2.47. The summed E-state index contributed by atoms with van der Waals surface area (Å²) in [6.45, 7) is 6.04. The van der Waals surface area contributed by atoms with Crippen molar-refractivity contribution in [3.8, 4) is 0 Å². The molecule has 0 bridgehead atoms. The molecular formula is C18H20N2O3S. The average Bonchev–Trinajstić information content (AvgIpc) is 3.07. The van der Waals surface area contributed by atoms with E-state index in [9.17, 15) is 14.7 Å². The fourth-order valence-corrected chi connectivity index (χ4v) is 3.85. The molecule has 2 heterocycles. The Morgan fingerprint density at radius 3 is 2.58 bits per heavy atom. The zero-order valence-corrected chi connectivity index (χ0v) is 14.7. The van der Waals surface area contributed by atoms with Crippen molar-refractivity contribution in [2.45, 2.75) is 38.8 Å². The smallest absolute Gasteiger partial charge is 0.313 e. The van der Waals surface area contributed by atoms with Gasteiger partial charge in [-0.15, -0.1) is 11.3 Å². The molecule has 3 atom stereocenters. The van der Waals surface area contributed by atoms with Gasteiger partial charge in [-0.2, -0.15) is 0 Å². The van der Waals surface area contributed by atoms with Gasteiger partial charge in [0.1, 0.15) is 5.92 Å². The van der Waals surface area contributed by atoms with Crippen LogP contribution in [0.4, 0.5) is 0 Å². The van der Waals surface area contributed by atoms with Crippen molar-refractivity contribution in [1.29, 1.82) is 0 Å². The Kier molecular flexibility index (Phi) is 4.41. The fourth-order valence-electron chi connectivity index (χ4n) is 3.27. The number of aliphatic carboxylic acids is 1. The number of thiazole rings is 1. The molecule has 0 fully saturated rings. The summed E-state index contributed by atoms with van der Waals surface area (Å²) in [5, 5.41) is 11.8. The highest BCUT2D eigenvalue weighted by Crippen LogP contribution is 2.44. The fraction of sp³-hybridized carbons (Fsp3) is 0.389. The van der Waals surface area contributed by atoms with E-state index >= 15 is 0 Å². The zero-order chi connectivity index (χ0) is 17.4. The first-order valence-corrected chi connectivity index (χ1v) is 8.90. The summed E-state index contributed by atoms with van der Waals surface area (Å²) in [6.07, 6.45) is 0. The van der Waals surface area contributed by atoms with Crippen molar-refractivity contribution in [3.63, 3.8) is 0 Å². The lowest BCUT2D eigenvalue weighted by atomic mass is 9.80. The van der Waals surface area contributed by atoms with E-state index in [4.69, 9.17) is 0 Å². The Morgan fingerprint density at radius 2 is 2.00 bits per heavy atom. The molecule has 1 aliphatic rings. The van der Waals surface area contributed by atoms with Gasteiger partial charge in [-0.1, -0.05) is 32.0 Å². The minimum atomic E-state index is -0.936. The van der Waals surface area contributed by atoms with E-state index in [0.29, 0.717) is 16.8 Å². The van der Waals surface area contributed by atoms with Gasteiger partial charge in [-0.3, -0.25) is 9.59 Å². The Balaban J connectivity index is 2.23. The second kappa shape index (κ2) is 6.36. The van der Waals surface area contributed by atoms with E-state index in [1.807, 2.05) is 26.2 Å². The molecule has 0 aliphatic carbocycles. The predicted molar refractivity (Wildman–Crippen MR) is 92.1 cm³/mol. The molecule has 5 nitrogen and oxygen atoms in total. The highest BCUT2D eigenvalue weighted by atomic mass is 32.1. The molecule has 6 heteroatoms. The van der Waals surface area contributed by atoms with E-state index in [1.54, 1.807) is 34.7 Å². The number of aromatic nitrogens is 1. The van der Waals surface area contributed by atoms with Crippen LogP contribution in [-0.2, 0) is 4.79 Å². The molecule has 0 saturated carbocycles. The van der Waals surface area contributed by atoms with E-state index in [1.165, 1.54) is 11.3 Å². The van der Waals surface area contributed by atoms with Crippen molar-refractivity contribution < 1.29 is 14.7 Å². The van der Waals surface area contributed by atoms with Gasteiger partial charge < -0.3 is 10.0 Å². The van der Waals surface area contributed by atoms with E-state index < -0.39 is 17.9 Å². The molecule has 1 aliphatic heterocycles. The topological polar surface area (TPSA) is 70.5 Å². The number of nitrogens with zero attached hydrogens (tertiary/aromatic N) is 2. The normalized spacial score (nSPS) is 21.7. The van der Waals surface area contributed by atoms with Gasteiger partial charge >= 0.3 is 5.97 Å². The summed E-state index contributed by atoms with van der Waals surface area (Å²) in [4.78, 5) is 31.3. The van der Waals surface area contributed by atoms with Crippen LogP contribution in [0.2, 0.25) is 0 Å². The van der Waals surface area contributed by atoms with Crippen LogP contribution in [0.3, 0.4) is 0 Å². The first-order valence-electron chi connectivity index (χ1n) is 7.96. The summed E-state index contributed by atoms with van der Waals surface area (Å²) in [7, 11) is 0. The molecule has 2 aromatic rings. The number of carboxylic acids is 1.